The summed E-state index contributed by atoms with van der Waals surface area (Å²) in [5.41, 5.74) is 6.14. The summed E-state index contributed by atoms with van der Waals surface area (Å²) in [4.78, 5) is 26.7. The molecule has 1 saturated heterocycles. The van der Waals surface area contributed by atoms with Crippen LogP contribution in [0.2, 0.25) is 0 Å². The second-order valence-corrected chi connectivity index (χ2v) is 8.50. The first kappa shape index (κ1) is 23.4. The van der Waals surface area contributed by atoms with Crippen molar-refractivity contribution in [2.45, 2.75) is 45.6 Å². The Balaban J connectivity index is 1.65. The lowest BCUT2D eigenvalue weighted by Crippen LogP contribution is -2.43. The van der Waals surface area contributed by atoms with Crippen molar-refractivity contribution >= 4 is 17.7 Å². The van der Waals surface area contributed by atoms with E-state index in [2.05, 4.69) is 9.84 Å². The van der Waals surface area contributed by atoms with E-state index < -0.39 is 18.1 Å². The van der Waals surface area contributed by atoms with Gasteiger partial charge in [-0.05, 0) is 57.9 Å². The van der Waals surface area contributed by atoms with Crippen molar-refractivity contribution in [3.8, 4) is 11.4 Å². The highest BCUT2D eigenvalue weighted by Gasteiger charge is 2.32. The van der Waals surface area contributed by atoms with Gasteiger partial charge in [0.1, 0.15) is 17.2 Å². The molecule has 1 aromatic carbocycles. The summed E-state index contributed by atoms with van der Waals surface area (Å²) in [6.45, 7) is 6.15. The third-order valence-corrected chi connectivity index (χ3v) is 4.90. The number of likely N-dealkylation sites (tertiary alicyclic amines) is 1. The van der Waals surface area contributed by atoms with Gasteiger partial charge >= 0.3 is 12.5 Å². The fourth-order valence-electron chi connectivity index (χ4n) is 3.41. The fraction of sp³-hybridized carbons (Fsp3) is 0.476. The molecule has 1 fully saturated rings. The Kier molecular flexibility index (Phi) is 6.38. The predicted molar refractivity (Wildman–Crippen MR) is 110 cm³/mol. The zero-order valence-corrected chi connectivity index (χ0v) is 18.0. The van der Waals surface area contributed by atoms with E-state index in [9.17, 15) is 22.8 Å². The average molecular weight is 454 g/mol. The Morgan fingerprint density at radius 3 is 2.22 bits per heavy atom. The third kappa shape index (κ3) is 5.71. The van der Waals surface area contributed by atoms with Crippen LogP contribution in [0.25, 0.3) is 5.69 Å². The van der Waals surface area contributed by atoms with Crippen molar-refractivity contribution in [1.29, 1.82) is 0 Å². The molecule has 2 aromatic rings. The van der Waals surface area contributed by atoms with Crippen LogP contribution in [0.1, 0.15) is 44.0 Å². The number of alkyl halides is 3. The Bertz CT molecular complexity index is 972. The molecule has 1 aliphatic rings. The van der Waals surface area contributed by atoms with E-state index in [1.807, 2.05) is 0 Å². The van der Waals surface area contributed by atoms with E-state index in [-0.39, 0.29) is 28.8 Å². The molecule has 1 aliphatic heterocycles. The van der Waals surface area contributed by atoms with Gasteiger partial charge in [-0.2, -0.15) is 5.10 Å². The number of nitrogens with zero attached hydrogens (tertiary/aromatic N) is 3. The van der Waals surface area contributed by atoms with Crippen LogP contribution in [-0.4, -0.2) is 51.6 Å². The number of piperidine rings is 1. The SMILES string of the molecule is CC(C)(C)OC(=O)N1CCC(C(=O)c2cnn(-c3ccc(OC(F)(F)F)cc3)c2N)CC1. The van der Waals surface area contributed by atoms with Gasteiger partial charge in [-0.25, -0.2) is 9.48 Å². The number of nitrogen functional groups attached to an aromatic ring is 1. The van der Waals surface area contributed by atoms with Crippen molar-refractivity contribution in [2.75, 3.05) is 18.8 Å². The first-order chi connectivity index (χ1) is 14.8. The molecule has 1 aromatic heterocycles. The topological polar surface area (TPSA) is 99.7 Å². The predicted octanol–water partition coefficient (Wildman–Crippen LogP) is 4.18. The van der Waals surface area contributed by atoms with E-state index in [1.165, 1.54) is 23.0 Å². The van der Waals surface area contributed by atoms with Gasteiger partial charge < -0.3 is 20.1 Å². The molecule has 174 valence electrons. The molecule has 0 atom stereocenters. The summed E-state index contributed by atoms with van der Waals surface area (Å²) < 4.78 is 47.4. The summed E-state index contributed by atoms with van der Waals surface area (Å²) in [7, 11) is 0. The van der Waals surface area contributed by atoms with Crippen molar-refractivity contribution in [3.63, 3.8) is 0 Å². The molecule has 3 rings (SSSR count). The minimum absolute atomic E-state index is 0.0917. The van der Waals surface area contributed by atoms with Crippen LogP contribution in [0.4, 0.5) is 23.8 Å². The molecule has 0 aliphatic carbocycles. The zero-order valence-electron chi connectivity index (χ0n) is 18.0. The number of nitrogens with two attached hydrogens (primary N) is 1. The molecule has 11 heteroatoms. The third-order valence-electron chi connectivity index (χ3n) is 4.90. The molecule has 8 nitrogen and oxygen atoms in total. The number of ketones is 1. The van der Waals surface area contributed by atoms with E-state index >= 15 is 0 Å². The standard InChI is InChI=1S/C21H25F3N4O4/c1-20(2,3)32-19(30)27-10-8-13(9-11-27)17(29)16-12-26-28(18(16)25)14-4-6-15(7-5-14)31-21(22,23)24/h4-7,12-13H,8-11,25H2,1-3H3. The highest BCUT2D eigenvalue weighted by atomic mass is 19.4. The number of Topliss-reactive ketones (excluding diaryl/α,β-unsaturated/α-hetero) is 1. The van der Waals surface area contributed by atoms with Crippen LogP contribution in [0.5, 0.6) is 5.75 Å². The van der Waals surface area contributed by atoms with Gasteiger partial charge in [0.15, 0.2) is 5.78 Å². The smallest absolute Gasteiger partial charge is 0.444 e. The Morgan fingerprint density at radius 1 is 1.09 bits per heavy atom. The highest BCUT2D eigenvalue weighted by molar-refractivity contribution is 6.01. The van der Waals surface area contributed by atoms with Gasteiger partial charge in [0.25, 0.3) is 0 Å². The fourth-order valence-corrected chi connectivity index (χ4v) is 3.41. The van der Waals surface area contributed by atoms with Crippen molar-refractivity contribution < 1.29 is 32.2 Å². The van der Waals surface area contributed by atoms with E-state index in [4.69, 9.17) is 10.5 Å². The first-order valence-electron chi connectivity index (χ1n) is 10.1. The number of benzene rings is 1. The van der Waals surface area contributed by atoms with Gasteiger partial charge in [0, 0.05) is 19.0 Å². The second kappa shape index (κ2) is 8.71. The maximum Gasteiger partial charge on any atom is 0.573 e. The number of amides is 1. The van der Waals surface area contributed by atoms with Gasteiger partial charge in [-0.15, -0.1) is 13.2 Å². The summed E-state index contributed by atoms with van der Waals surface area (Å²) in [5, 5.41) is 4.11. The molecular weight excluding hydrogens is 429 g/mol. The number of anilines is 1. The minimum atomic E-state index is -4.79. The first-order valence-corrected chi connectivity index (χ1v) is 10.1. The summed E-state index contributed by atoms with van der Waals surface area (Å²) in [6.07, 6.45) is -2.92. The zero-order chi connectivity index (χ0) is 23.7. The van der Waals surface area contributed by atoms with Crippen LogP contribution in [0, 0.1) is 5.92 Å². The minimum Gasteiger partial charge on any atom is -0.444 e. The van der Waals surface area contributed by atoms with Gasteiger partial charge in [0.05, 0.1) is 17.4 Å². The lowest BCUT2D eigenvalue weighted by Gasteiger charge is -2.32. The van der Waals surface area contributed by atoms with E-state index in [0.29, 0.717) is 31.6 Å². The molecular formula is C21H25F3N4O4. The van der Waals surface area contributed by atoms with E-state index in [0.717, 1.165) is 12.1 Å². The second-order valence-electron chi connectivity index (χ2n) is 8.50. The number of carbonyl (C=O) groups is 2. The Labute approximate surface area is 183 Å². The largest absolute Gasteiger partial charge is 0.573 e. The van der Waals surface area contributed by atoms with Crippen LogP contribution in [0.15, 0.2) is 30.5 Å². The molecule has 0 bridgehead atoms. The monoisotopic (exact) mass is 454 g/mol. The molecule has 0 unspecified atom stereocenters. The van der Waals surface area contributed by atoms with Gasteiger partial charge in [-0.3, -0.25) is 4.79 Å². The average Bonchev–Trinajstić information content (AvgIpc) is 3.07. The maximum atomic E-state index is 13.0. The van der Waals surface area contributed by atoms with E-state index in [1.54, 1.807) is 25.7 Å². The molecule has 0 saturated carbocycles. The molecule has 32 heavy (non-hydrogen) atoms. The van der Waals surface area contributed by atoms with Gasteiger partial charge in [-0.1, -0.05) is 0 Å². The number of hydrogen-bond acceptors (Lipinski definition) is 6. The lowest BCUT2D eigenvalue weighted by atomic mass is 9.90. The lowest BCUT2D eigenvalue weighted by molar-refractivity contribution is -0.274. The number of halogens is 3. The number of hydrogen-bond donors (Lipinski definition) is 1. The summed E-state index contributed by atoms with van der Waals surface area (Å²) in [5.74, 6) is -0.792. The van der Waals surface area contributed by atoms with Crippen LogP contribution in [-0.2, 0) is 4.74 Å². The molecule has 2 heterocycles. The van der Waals surface area contributed by atoms with Gasteiger partial charge in [0.2, 0.25) is 0 Å². The van der Waals surface area contributed by atoms with Crippen LogP contribution in [0.3, 0.4) is 0 Å². The van der Waals surface area contributed by atoms with Crippen molar-refractivity contribution in [2.24, 2.45) is 5.92 Å². The number of rotatable bonds is 4. The Hall–Kier alpha value is -3.24. The van der Waals surface area contributed by atoms with Crippen molar-refractivity contribution in [1.82, 2.24) is 14.7 Å². The normalized spacial score (nSPS) is 15.5. The van der Waals surface area contributed by atoms with Crippen LogP contribution < -0.4 is 10.5 Å². The number of aromatic nitrogens is 2. The summed E-state index contributed by atoms with van der Waals surface area (Å²) in [6, 6.07) is 4.99. The number of carbonyl (C=O) groups excluding carboxylic acids is 2. The van der Waals surface area contributed by atoms with Crippen LogP contribution >= 0.6 is 0 Å². The Morgan fingerprint density at radius 2 is 1.69 bits per heavy atom. The maximum absolute atomic E-state index is 13.0. The molecule has 0 radical (unpaired) electrons. The molecule has 1 amide bonds. The quantitative estimate of drug-likeness (QED) is 0.696. The number of ether oxygens (including phenoxy) is 2. The molecule has 0 spiro atoms. The highest BCUT2D eigenvalue weighted by Crippen LogP contribution is 2.28. The molecule has 2 N–H and O–H groups in total. The summed E-state index contributed by atoms with van der Waals surface area (Å²) >= 11 is 0. The van der Waals surface area contributed by atoms with Crippen molar-refractivity contribution in [3.05, 3.63) is 36.0 Å².